The van der Waals surface area contributed by atoms with Crippen LogP contribution in [0.1, 0.15) is 11.1 Å². The number of nitrogens with zero attached hydrogens (tertiary/aromatic N) is 1. The van der Waals surface area contributed by atoms with Crippen LogP contribution < -0.4 is 10.0 Å². The molecule has 0 saturated carbocycles. The summed E-state index contributed by atoms with van der Waals surface area (Å²) in [4.78, 5) is 33.6. The molecule has 0 aliphatic carbocycles. The van der Waals surface area contributed by atoms with Gasteiger partial charge in [0.25, 0.3) is 5.91 Å². The van der Waals surface area contributed by atoms with Gasteiger partial charge in [-0.25, -0.2) is 0 Å². The second-order valence-electron chi connectivity index (χ2n) is 6.84. The zero-order valence-corrected chi connectivity index (χ0v) is 17.3. The van der Waals surface area contributed by atoms with Gasteiger partial charge in [0.1, 0.15) is 11.1 Å². The van der Waals surface area contributed by atoms with Crippen molar-refractivity contribution in [2.45, 2.75) is 13.0 Å². The SMILES string of the molecule is O=C(COc1ccccc1P(=O)(O)O)N(CCc1ccccc1)Cc1ccccc1. The van der Waals surface area contributed by atoms with Crippen molar-refractivity contribution in [3.05, 3.63) is 96.1 Å². The third kappa shape index (κ3) is 6.29. The van der Waals surface area contributed by atoms with Crippen molar-refractivity contribution in [2.24, 2.45) is 0 Å². The average Bonchev–Trinajstić information content (AvgIpc) is 2.76. The molecule has 0 aliphatic heterocycles. The van der Waals surface area contributed by atoms with E-state index in [4.69, 9.17) is 4.74 Å². The van der Waals surface area contributed by atoms with Gasteiger partial charge in [-0.05, 0) is 29.7 Å². The van der Waals surface area contributed by atoms with Crippen molar-refractivity contribution in [3.8, 4) is 5.75 Å². The predicted octanol–water partition coefficient (Wildman–Crippen LogP) is 3.14. The Morgan fingerprint density at radius 1 is 0.833 bits per heavy atom. The average molecular weight is 425 g/mol. The van der Waals surface area contributed by atoms with Crippen LogP contribution in [-0.2, 0) is 22.3 Å². The van der Waals surface area contributed by atoms with E-state index >= 15 is 0 Å². The molecule has 0 aromatic heterocycles. The lowest BCUT2D eigenvalue weighted by molar-refractivity contribution is -0.134. The molecule has 0 atom stereocenters. The molecule has 156 valence electrons. The van der Waals surface area contributed by atoms with Crippen molar-refractivity contribution in [1.82, 2.24) is 4.90 Å². The Morgan fingerprint density at radius 3 is 2.03 bits per heavy atom. The normalized spacial score (nSPS) is 11.1. The topological polar surface area (TPSA) is 87.1 Å². The van der Waals surface area contributed by atoms with Crippen molar-refractivity contribution >= 4 is 18.8 Å². The summed E-state index contributed by atoms with van der Waals surface area (Å²) < 4.78 is 17.2. The molecule has 30 heavy (non-hydrogen) atoms. The van der Waals surface area contributed by atoms with E-state index in [-0.39, 0.29) is 23.6 Å². The minimum atomic E-state index is -4.50. The number of benzene rings is 3. The summed E-state index contributed by atoms with van der Waals surface area (Å²) in [6.45, 7) is 0.621. The molecule has 0 saturated heterocycles. The molecular formula is C23H24NO5P. The third-order valence-electron chi connectivity index (χ3n) is 4.61. The van der Waals surface area contributed by atoms with Gasteiger partial charge in [0.05, 0.1) is 0 Å². The molecule has 2 N–H and O–H groups in total. The fourth-order valence-corrected chi connectivity index (χ4v) is 3.76. The molecule has 0 heterocycles. The van der Waals surface area contributed by atoms with Crippen LogP contribution in [0.15, 0.2) is 84.9 Å². The van der Waals surface area contributed by atoms with Crippen molar-refractivity contribution < 1.29 is 23.9 Å². The largest absolute Gasteiger partial charge is 0.483 e. The maximum absolute atomic E-state index is 12.9. The van der Waals surface area contributed by atoms with Gasteiger partial charge in [-0.2, -0.15) is 0 Å². The number of para-hydroxylation sites is 1. The lowest BCUT2D eigenvalue weighted by Crippen LogP contribution is -2.36. The molecule has 6 nitrogen and oxygen atoms in total. The highest BCUT2D eigenvalue weighted by Gasteiger charge is 2.23. The number of ether oxygens (including phenoxy) is 1. The minimum Gasteiger partial charge on any atom is -0.483 e. The van der Waals surface area contributed by atoms with E-state index in [1.54, 1.807) is 11.0 Å². The van der Waals surface area contributed by atoms with Crippen LogP contribution >= 0.6 is 7.60 Å². The minimum absolute atomic E-state index is 0.0157. The van der Waals surface area contributed by atoms with E-state index in [0.717, 1.165) is 11.1 Å². The van der Waals surface area contributed by atoms with Gasteiger partial charge in [0, 0.05) is 13.1 Å². The molecule has 0 unspecified atom stereocenters. The first kappa shape index (κ1) is 21.8. The van der Waals surface area contributed by atoms with E-state index in [1.807, 2.05) is 60.7 Å². The van der Waals surface area contributed by atoms with E-state index in [0.29, 0.717) is 19.5 Å². The summed E-state index contributed by atoms with van der Waals surface area (Å²) in [6, 6.07) is 25.4. The highest BCUT2D eigenvalue weighted by Crippen LogP contribution is 2.37. The highest BCUT2D eigenvalue weighted by molar-refractivity contribution is 7.60. The van der Waals surface area contributed by atoms with E-state index in [9.17, 15) is 19.1 Å². The molecule has 0 aliphatic rings. The van der Waals surface area contributed by atoms with Gasteiger partial charge in [-0.15, -0.1) is 0 Å². The summed E-state index contributed by atoms with van der Waals surface area (Å²) in [7, 11) is -4.50. The van der Waals surface area contributed by atoms with Crippen LogP contribution in [0.5, 0.6) is 5.75 Å². The fourth-order valence-electron chi connectivity index (χ4n) is 3.06. The number of rotatable bonds is 9. The first-order chi connectivity index (χ1) is 14.4. The quantitative estimate of drug-likeness (QED) is 0.515. The van der Waals surface area contributed by atoms with Gasteiger partial charge in [-0.1, -0.05) is 72.8 Å². The summed E-state index contributed by atoms with van der Waals surface area (Å²) in [5.74, 6) is -0.239. The second kappa shape index (κ2) is 10.2. The number of carbonyl (C=O) groups is 1. The molecule has 3 aromatic rings. The lowest BCUT2D eigenvalue weighted by atomic mass is 10.1. The second-order valence-corrected chi connectivity index (χ2v) is 8.41. The van der Waals surface area contributed by atoms with Gasteiger partial charge < -0.3 is 19.4 Å². The zero-order chi connectivity index (χ0) is 21.4. The summed E-state index contributed by atoms with van der Waals surface area (Å²) >= 11 is 0. The van der Waals surface area contributed by atoms with Crippen molar-refractivity contribution in [1.29, 1.82) is 0 Å². The monoisotopic (exact) mass is 425 g/mol. The van der Waals surface area contributed by atoms with Gasteiger partial charge in [0.2, 0.25) is 0 Å². The van der Waals surface area contributed by atoms with Crippen molar-refractivity contribution in [2.75, 3.05) is 13.2 Å². The first-order valence-electron chi connectivity index (χ1n) is 9.57. The molecule has 3 aromatic carbocycles. The highest BCUT2D eigenvalue weighted by atomic mass is 31.2. The number of amides is 1. The van der Waals surface area contributed by atoms with E-state index < -0.39 is 7.60 Å². The molecule has 0 spiro atoms. The zero-order valence-electron chi connectivity index (χ0n) is 16.4. The Hall–Kier alpha value is -2.92. The van der Waals surface area contributed by atoms with Crippen LogP contribution in [0, 0.1) is 0 Å². The number of hydrogen-bond acceptors (Lipinski definition) is 3. The standard InChI is InChI=1S/C23H24NO5P/c25-23(18-29-21-13-7-8-14-22(21)30(26,27)28)24(17-20-11-5-2-6-12-20)16-15-19-9-3-1-4-10-19/h1-14H,15-18H2,(H2,26,27,28). The third-order valence-corrected chi connectivity index (χ3v) is 5.61. The van der Waals surface area contributed by atoms with Crippen LogP contribution in [0.2, 0.25) is 0 Å². The Labute approximate surface area is 175 Å². The summed E-state index contributed by atoms with van der Waals surface area (Å²) in [5, 5.41) is -0.225. The predicted molar refractivity (Wildman–Crippen MR) is 116 cm³/mol. The number of carbonyl (C=O) groups excluding carboxylic acids is 1. The van der Waals surface area contributed by atoms with E-state index in [2.05, 4.69) is 0 Å². The Morgan fingerprint density at radius 2 is 1.40 bits per heavy atom. The molecule has 3 rings (SSSR count). The van der Waals surface area contributed by atoms with Gasteiger partial charge in [0.15, 0.2) is 6.61 Å². The Balaban J connectivity index is 1.71. The Kier molecular flexibility index (Phi) is 7.41. The van der Waals surface area contributed by atoms with Crippen molar-refractivity contribution in [3.63, 3.8) is 0 Å². The molecule has 0 radical (unpaired) electrons. The smallest absolute Gasteiger partial charge is 0.359 e. The van der Waals surface area contributed by atoms with Crippen LogP contribution in [0.25, 0.3) is 0 Å². The van der Waals surface area contributed by atoms with Crippen LogP contribution in [0.3, 0.4) is 0 Å². The molecule has 0 fully saturated rings. The van der Waals surface area contributed by atoms with Crippen LogP contribution in [0.4, 0.5) is 0 Å². The first-order valence-corrected chi connectivity index (χ1v) is 11.2. The lowest BCUT2D eigenvalue weighted by Gasteiger charge is -2.23. The van der Waals surface area contributed by atoms with Gasteiger partial charge >= 0.3 is 7.60 Å². The summed E-state index contributed by atoms with van der Waals surface area (Å²) in [6.07, 6.45) is 0.693. The molecule has 0 bridgehead atoms. The molecule has 1 amide bonds. The maximum Gasteiger partial charge on any atom is 0.359 e. The number of hydrogen-bond donors (Lipinski definition) is 2. The summed E-state index contributed by atoms with van der Waals surface area (Å²) in [5.41, 5.74) is 2.12. The van der Waals surface area contributed by atoms with Gasteiger partial charge in [-0.3, -0.25) is 9.36 Å². The van der Waals surface area contributed by atoms with Crippen LogP contribution in [-0.4, -0.2) is 33.7 Å². The molecular weight excluding hydrogens is 401 g/mol. The Bertz CT molecular complexity index is 1000. The molecule has 7 heteroatoms. The fraction of sp³-hybridized carbons (Fsp3) is 0.174. The van der Waals surface area contributed by atoms with E-state index in [1.165, 1.54) is 18.2 Å². The maximum atomic E-state index is 12.9.